The Hall–Kier alpha value is -1.56. The van der Waals surface area contributed by atoms with Gasteiger partial charge in [-0.05, 0) is 12.1 Å². The van der Waals surface area contributed by atoms with E-state index in [2.05, 4.69) is 0 Å². The number of aliphatic carboxylic acids is 1. The number of Topliss-reactive ketones (excluding diaryl/α,β-unsaturated/α-hetero) is 1. The van der Waals surface area contributed by atoms with E-state index in [1.165, 1.54) is 0 Å². The van der Waals surface area contributed by atoms with Crippen molar-refractivity contribution >= 4 is 23.4 Å². The van der Waals surface area contributed by atoms with Gasteiger partial charge in [-0.25, -0.2) is 0 Å². The van der Waals surface area contributed by atoms with Crippen molar-refractivity contribution in [1.29, 1.82) is 0 Å². The Kier molecular flexibility index (Phi) is 3.77. The molecule has 0 fully saturated rings. The number of hydrogen-bond donors (Lipinski definition) is 1. The maximum Gasteiger partial charge on any atom is 0.417 e. The number of carboxylic acid groups (broad SMARTS) is 1. The van der Waals surface area contributed by atoms with Gasteiger partial charge in [-0.3, -0.25) is 9.59 Å². The fourth-order valence-electron chi connectivity index (χ4n) is 1.20. The number of carbonyl (C=O) groups is 2. The fraction of sp³-hybridized carbons (Fsp3) is 0.200. The molecule has 0 spiro atoms. The van der Waals surface area contributed by atoms with E-state index in [0.29, 0.717) is 0 Å². The van der Waals surface area contributed by atoms with Gasteiger partial charge in [0, 0.05) is 5.56 Å². The van der Waals surface area contributed by atoms with Crippen LogP contribution in [0, 0.1) is 0 Å². The number of benzene rings is 1. The zero-order valence-electron chi connectivity index (χ0n) is 8.21. The lowest BCUT2D eigenvalue weighted by Gasteiger charge is -2.11. The van der Waals surface area contributed by atoms with Crippen LogP contribution in [-0.4, -0.2) is 16.9 Å². The van der Waals surface area contributed by atoms with Crippen molar-refractivity contribution in [3.8, 4) is 0 Å². The minimum Gasteiger partial charge on any atom is -0.481 e. The smallest absolute Gasteiger partial charge is 0.417 e. The second-order valence-electron chi connectivity index (χ2n) is 3.16. The van der Waals surface area contributed by atoms with E-state index in [9.17, 15) is 22.8 Å². The molecule has 0 aliphatic carbocycles. The van der Waals surface area contributed by atoms with Gasteiger partial charge in [0.05, 0.1) is 10.6 Å². The van der Waals surface area contributed by atoms with Gasteiger partial charge in [0.25, 0.3) is 0 Å². The molecule has 0 aliphatic rings. The van der Waals surface area contributed by atoms with Crippen molar-refractivity contribution in [2.75, 3.05) is 0 Å². The Morgan fingerprint density at radius 1 is 1.29 bits per heavy atom. The molecule has 1 aromatic rings. The molecule has 0 amide bonds. The highest BCUT2D eigenvalue weighted by molar-refractivity contribution is 6.35. The molecule has 3 nitrogen and oxygen atoms in total. The summed E-state index contributed by atoms with van der Waals surface area (Å²) in [6.07, 6.45) is -5.59. The number of halogens is 4. The van der Waals surface area contributed by atoms with Crippen LogP contribution < -0.4 is 0 Å². The normalized spacial score (nSPS) is 11.3. The van der Waals surface area contributed by atoms with E-state index < -0.39 is 40.5 Å². The summed E-state index contributed by atoms with van der Waals surface area (Å²) in [4.78, 5) is 21.6. The predicted octanol–water partition coefficient (Wildman–Crippen LogP) is 3.02. The first-order chi connectivity index (χ1) is 7.73. The molecule has 0 atom stereocenters. The second-order valence-corrected chi connectivity index (χ2v) is 3.54. The highest BCUT2D eigenvalue weighted by Gasteiger charge is 2.34. The SMILES string of the molecule is O=C(O)CC(=O)c1cccc(C(F)(F)F)c1Cl. The van der Waals surface area contributed by atoms with Gasteiger partial charge in [0.15, 0.2) is 5.78 Å². The van der Waals surface area contributed by atoms with Crippen molar-refractivity contribution in [3.05, 3.63) is 34.3 Å². The van der Waals surface area contributed by atoms with Gasteiger partial charge in [0.2, 0.25) is 0 Å². The molecule has 1 N–H and O–H groups in total. The maximum absolute atomic E-state index is 12.4. The first kappa shape index (κ1) is 13.5. The Bertz CT molecular complexity index is 468. The number of hydrogen-bond acceptors (Lipinski definition) is 2. The van der Waals surface area contributed by atoms with Gasteiger partial charge in [0.1, 0.15) is 6.42 Å². The van der Waals surface area contributed by atoms with Crippen LogP contribution in [-0.2, 0) is 11.0 Å². The highest BCUT2D eigenvalue weighted by atomic mass is 35.5. The zero-order valence-corrected chi connectivity index (χ0v) is 8.97. The molecule has 0 radical (unpaired) electrons. The van der Waals surface area contributed by atoms with Gasteiger partial charge >= 0.3 is 12.1 Å². The van der Waals surface area contributed by atoms with Crippen LogP contribution in [0.3, 0.4) is 0 Å². The van der Waals surface area contributed by atoms with Crippen molar-refractivity contribution < 1.29 is 27.9 Å². The molecular weight excluding hydrogens is 261 g/mol. The summed E-state index contributed by atoms with van der Waals surface area (Å²) < 4.78 is 37.3. The topological polar surface area (TPSA) is 54.4 Å². The molecule has 0 aliphatic heterocycles. The van der Waals surface area contributed by atoms with Crippen molar-refractivity contribution in [1.82, 2.24) is 0 Å². The summed E-state index contributed by atoms with van der Waals surface area (Å²) in [6.45, 7) is 0. The lowest BCUT2D eigenvalue weighted by Crippen LogP contribution is -2.11. The third-order valence-electron chi connectivity index (χ3n) is 1.92. The molecule has 0 bridgehead atoms. The van der Waals surface area contributed by atoms with E-state index >= 15 is 0 Å². The van der Waals surface area contributed by atoms with Gasteiger partial charge in [-0.15, -0.1) is 0 Å². The van der Waals surface area contributed by atoms with Crippen LogP contribution in [0.2, 0.25) is 5.02 Å². The summed E-state index contributed by atoms with van der Waals surface area (Å²) in [5.74, 6) is -2.39. The van der Waals surface area contributed by atoms with Gasteiger partial charge in [-0.2, -0.15) is 13.2 Å². The van der Waals surface area contributed by atoms with Crippen LogP contribution in [0.25, 0.3) is 0 Å². The monoisotopic (exact) mass is 266 g/mol. The molecule has 1 rings (SSSR count). The van der Waals surface area contributed by atoms with E-state index in [1.807, 2.05) is 0 Å². The molecule has 0 unspecified atom stereocenters. The summed E-state index contributed by atoms with van der Waals surface area (Å²) in [6, 6.07) is 2.78. The first-order valence-corrected chi connectivity index (χ1v) is 4.72. The number of rotatable bonds is 3. The van der Waals surface area contributed by atoms with Crippen LogP contribution in [0.4, 0.5) is 13.2 Å². The number of alkyl halides is 3. The summed E-state index contributed by atoms with van der Waals surface area (Å²) >= 11 is 5.44. The zero-order chi connectivity index (χ0) is 13.2. The maximum atomic E-state index is 12.4. The first-order valence-electron chi connectivity index (χ1n) is 4.34. The third-order valence-corrected chi connectivity index (χ3v) is 2.32. The molecule has 0 saturated heterocycles. The standard InChI is InChI=1S/C10H6ClF3O3/c11-9-5(7(15)4-8(16)17)2-1-3-6(9)10(12,13)14/h1-3H,4H2,(H,16,17). The van der Waals surface area contributed by atoms with Crippen LogP contribution in [0.15, 0.2) is 18.2 Å². The van der Waals surface area contributed by atoms with Crippen LogP contribution in [0.1, 0.15) is 22.3 Å². The average Bonchev–Trinajstić information content (AvgIpc) is 2.14. The minimum absolute atomic E-state index is 0.441. The molecule has 7 heteroatoms. The molecular formula is C10H6ClF3O3. The van der Waals surface area contributed by atoms with E-state index in [4.69, 9.17) is 16.7 Å². The minimum atomic E-state index is -4.68. The average molecular weight is 267 g/mol. The van der Waals surface area contributed by atoms with E-state index in [-0.39, 0.29) is 0 Å². The summed E-state index contributed by atoms with van der Waals surface area (Å²) in [5, 5.41) is 7.61. The predicted molar refractivity (Wildman–Crippen MR) is 53.0 cm³/mol. The number of carbonyl (C=O) groups excluding carboxylic acids is 1. The molecule has 17 heavy (non-hydrogen) atoms. The Balaban J connectivity index is 3.20. The fourth-order valence-corrected chi connectivity index (χ4v) is 1.54. The van der Waals surface area contributed by atoms with Crippen LogP contribution in [0.5, 0.6) is 0 Å². The molecule has 92 valence electrons. The van der Waals surface area contributed by atoms with Crippen molar-refractivity contribution in [2.45, 2.75) is 12.6 Å². The number of ketones is 1. The quantitative estimate of drug-likeness (QED) is 0.676. The lowest BCUT2D eigenvalue weighted by molar-refractivity contribution is -0.137. The molecule has 0 heterocycles. The van der Waals surface area contributed by atoms with E-state index in [0.717, 1.165) is 18.2 Å². The largest absolute Gasteiger partial charge is 0.481 e. The Labute approximate surface area is 98.8 Å². The van der Waals surface area contributed by atoms with Gasteiger partial charge < -0.3 is 5.11 Å². The summed E-state index contributed by atoms with van der Waals surface area (Å²) in [5.41, 5.74) is -1.60. The third kappa shape index (κ3) is 3.20. The number of carboxylic acids is 1. The molecule has 0 aromatic heterocycles. The molecule has 1 aromatic carbocycles. The summed E-state index contributed by atoms with van der Waals surface area (Å²) in [7, 11) is 0. The Morgan fingerprint density at radius 3 is 2.35 bits per heavy atom. The lowest BCUT2D eigenvalue weighted by atomic mass is 10.0. The molecule has 0 saturated carbocycles. The van der Waals surface area contributed by atoms with Crippen molar-refractivity contribution in [3.63, 3.8) is 0 Å². The van der Waals surface area contributed by atoms with E-state index in [1.54, 1.807) is 0 Å². The van der Waals surface area contributed by atoms with Gasteiger partial charge in [-0.1, -0.05) is 17.7 Å². The Morgan fingerprint density at radius 2 is 1.88 bits per heavy atom. The van der Waals surface area contributed by atoms with Crippen molar-refractivity contribution in [2.24, 2.45) is 0 Å². The second kappa shape index (κ2) is 4.75. The highest BCUT2D eigenvalue weighted by Crippen LogP contribution is 2.36. The van der Waals surface area contributed by atoms with Crippen LogP contribution >= 0.6 is 11.6 Å².